The van der Waals surface area contributed by atoms with E-state index in [0.29, 0.717) is 0 Å². The summed E-state index contributed by atoms with van der Waals surface area (Å²) in [7, 11) is -2.11. The molecule has 0 heterocycles. The van der Waals surface area contributed by atoms with Gasteiger partial charge in [-0.25, -0.2) is 8.42 Å². The average molecular weight is 364 g/mol. The molecule has 0 saturated heterocycles. The molecule has 0 aliphatic rings. The molecule has 0 aromatic heterocycles. The second-order valence-corrected chi connectivity index (χ2v) is 7.31. The Morgan fingerprint density at radius 3 is 2.56 bits per heavy atom. The summed E-state index contributed by atoms with van der Waals surface area (Å²) < 4.78 is 28.9. The summed E-state index contributed by atoms with van der Waals surface area (Å²) in [5.74, 6) is -0.506. The number of anilines is 1. The summed E-state index contributed by atoms with van der Waals surface area (Å²) in [4.78, 5) is 22.6. The van der Waals surface area contributed by atoms with E-state index < -0.39 is 20.7 Å². The van der Waals surface area contributed by atoms with Gasteiger partial charge in [0.15, 0.2) is 9.84 Å². The first-order valence-corrected chi connectivity index (χ1v) is 8.90. The van der Waals surface area contributed by atoms with Gasteiger partial charge in [0.25, 0.3) is 11.6 Å². The second kappa shape index (κ2) is 7.31. The minimum absolute atomic E-state index is 0.0540. The molecule has 9 heteroatoms. The maximum absolute atomic E-state index is 12.4. The lowest BCUT2D eigenvalue weighted by atomic mass is 10.2. The van der Waals surface area contributed by atoms with Crippen molar-refractivity contribution >= 4 is 27.1 Å². The van der Waals surface area contributed by atoms with Gasteiger partial charge in [0.05, 0.1) is 34.4 Å². The number of hydrogen-bond donors (Lipinski definition) is 1. The Morgan fingerprint density at radius 1 is 1.24 bits per heavy atom. The minimum Gasteiger partial charge on any atom is -0.494 e. The van der Waals surface area contributed by atoms with Crippen LogP contribution in [0.3, 0.4) is 0 Å². The predicted octanol–water partition coefficient (Wildman–Crippen LogP) is 2.65. The highest BCUT2D eigenvalue weighted by atomic mass is 32.2. The van der Waals surface area contributed by atoms with Crippen molar-refractivity contribution in [1.29, 1.82) is 0 Å². The van der Waals surface area contributed by atoms with E-state index in [-0.39, 0.29) is 33.3 Å². The molecule has 1 N–H and O–H groups in total. The van der Waals surface area contributed by atoms with Crippen LogP contribution >= 0.6 is 0 Å². The van der Waals surface area contributed by atoms with Crippen LogP contribution in [0, 0.1) is 10.1 Å². The summed E-state index contributed by atoms with van der Waals surface area (Å²) in [5.41, 5.74) is 0.211. The van der Waals surface area contributed by atoms with Gasteiger partial charge in [0.2, 0.25) is 0 Å². The number of ether oxygens (including phenoxy) is 1. The van der Waals surface area contributed by atoms with Crippen LogP contribution in [0.25, 0.3) is 0 Å². The van der Waals surface area contributed by atoms with Gasteiger partial charge >= 0.3 is 0 Å². The highest BCUT2D eigenvalue weighted by Gasteiger charge is 2.17. The van der Waals surface area contributed by atoms with Crippen molar-refractivity contribution in [1.82, 2.24) is 0 Å². The highest BCUT2D eigenvalue weighted by molar-refractivity contribution is 7.91. The fourth-order valence-electron chi connectivity index (χ4n) is 2.09. The molecule has 0 aliphatic heterocycles. The maximum Gasteiger partial charge on any atom is 0.273 e. The van der Waals surface area contributed by atoms with E-state index in [1.54, 1.807) is 0 Å². The molecule has 132 valence electrons. The zero-order valence-corrected chi connectivity index (χ0v) is 14.4. The molecule has 1 amide bonds. The van der Waals surface area contributed by atoms with E-state index in [9.17, 15) is 23.3 Å². The van der Waals surface area contributed by atoms with E-state index in [0.717, 1.165) is 0 Å². The number of nitro groups is 1. The van der Waals surface area contributed by atoms with Gasteiger partial charge in [0, 0.05) is 11.6 Å². The molecule has 0 saturated carbocycles. The number of carbonyl (C=O) groups excluding carboxylic acids is 1. The Hall–Kier alpha value is -2.94. The molecule has 25 heavy (non-hydrogen) atoms. The Labute approximate surface area is 144 Å². The highest BCUT2D eigenvalue weighted by Crippen LogP contribution is 2.29. The van der Waals surface area contributed by atoms with Gasteiger partial charge in [-0.15, -0.1) is 0 Å². The summed E-state index contributed by atoms with van der Waals surface area (Å²) in [5, 5.41) is 13.3. The third-order valence-corrected chi connectivity index (χ3v) is 5.21. The Balaban J connectivity index is 2.32. The molecule has 0 atom stereocenters. The molecule has 0 fully saturated rings. The van der Waals surface area contributed by atoms with Gasteiger partial charge in [-0.1, -0.05) is 13.0 Å². The predicted molar refractivity (Wildman–Crippen MR) is 91.8 cm³/mol. The first kappa shape index (κ1) is 18.4. The number of hydrogen-bond acceptors (Lipinski definition) is 6. The molecule has 0 spiro atoms. The summed E-state index contributed by atoms with van der Waals surface area (Å²) in [6.07, 6.45) is 0. The van der Waals surface area contributed by atoms with Crippen molar-refractivity contribution in [2.24, 2.45) is 0 Å². The van der Waals surface area contributed by atoms with Crippen LogP contribution in [0.15, 0.2) is 47.4 Å². The summed E-state index contributed by atoms with van der Waals surface area (Å²) in [6, 6.07) is 9.42. The van der Waals surface area contributed by atoms with Crippen LogP contribution in [0.4, 0.5) is 11.4 Å². The molecule has 2 aromatic carbocycles. The standard InChI is InChI=1S/C16H16N2O6S/c1-3-25(22,23)13-6-4-5-11(9-13)16(19)17-14-8-7-12(18(20)21)10-15(14)24-2/h4-10H,3H2,1-2H3,(H,17,19). The molecule has 2 rings (SSSR count). The number of carbonyl (C=O) groups is 1. The Bertz CT molecular complexity index is 924. The third-order valence-electron chi connectivity index (χ3n) is 3.48. The SMILES string of the molecule is CCS(=O)(=O)c1cccc(C(=O)Nc2ccc([N+](=O)[O-])cc2OC)c1. The lowest BCUT2D eigenvalue weighted by molar-refractivity contribution is -0.384. The van der Waals surface area contributed by atoms with Crippen molar-refractivity contribution in [3.63, 3.8) is 0 Å². The zero-order valence-electron chi connectivity index (χ0n) is 13.6. The number of sulfone groups is 1. The van der Waals surface area contributed by atoms with Gasteiger partial charge in [-0.3, -0.25) is 14.9 Å². The topological polar surface area (TPSA) is 116 Å². The molecular formula is C16H16N2O6S. The van der Waals surface area contributed by atoms with Crippen LogP contribution in [0.1, 0.15) is 17.3 Å². The molecule has 0 radical (unpaired) electrons. The fourth-order valence-corrected chi connectivity index (χ4v) is 3.01. The van der Waals surface area contributed by atoms with Crippen molar-refractivity contribution < 1.29 is 22.9 Å². The molecular weight excluding hydrogens is 348 g/mol. The van der Waals surface area contributed by atoms with Crippen molar-refractivity contribution in [3.05, 3.63) is 58.1 Å². The summed E-state index contributed by atoms with van der Waals surface area (Å²) in [6.45, 7) is 1.52. The zero-order chi connectivity index (χ0) is 18.6. The number of non-ortho nitro benzene ring substituents is 1. The van der Waals surface area contributed by atoms with Gasteiger partial charge in [-0.2, -0.15) is 0 Å². The molecule has 0 aliphatic carbocycles. The Morgan fingerprint density at radius 2 is 1.96 bits per heavy atom. The number of rotatable bonds is 6. The van der Waals surface area contributed by atoms with Crippen LogP contribution < -0.4 is 10.1 Å². The lowest BCUT2D eigenvalue weighted by Crippen LogP contribution is -2.14. The molecule has 2 aromatic rings. The second-order valence-electron chi connectivity index (χ2n) is 5.03. The van der Waals surface area contributed by atoms with E-state index in [2.05, 4.69) is 5.32 Å². The van der Waals surface area contributed by atoms with Crippen molar-refractivity contribution in [2.75, 3.05) is 18.2 Å². The normalized spacial score (nSPS) is 11.0. The van der Waals surface area contributed by atoms with E-state index in [1.807, 2.05) is 0 Å². The van der Waals surface area contributed by atoms with E-state index in [1.165, 1.54) is 56.5 Å². The summed E-state index contributed by atoms with van der Waals surface area (Å²) >= 11 is 0. The quantitative estimate of drug-likeness (QED) is 0.622. The number of benzene rings is 2. The maximum atomic E-state index is 12.4. The minimum atomic E-state index is -3.43. The van der Waals surface area contributed by atoms with E-state index >= 15 is 0 Å². The van der Waals surface area contributed by atoms with Crippen molar-refractivity contribution in [3.8, 4) is 5.75 Å². The average Bonchev–Trinajstić information content (AvgIpc) is 2.61. The van der Waals surface area contributed by atoms with Crippen LogP contribution in [-0.2, 0) is 9.84 Å². The molecule has 0 unspecified atom stereocenters. The molecule has 8 nitrogen and oxygen atoms in total. The van der Waals surface area contributed by atoms with Crippen LogP contribution in [-0.4, -0.2) is 32.1 Å². The fraction of sp³-hybridized carbons (Fsp3) is 0.188. The third kappa shape index (κ3) is 4.13. The monoisotopic (exact) mass is 364 g/mol. The first-order chi connectivity index (χ1) is 11.8. The number of nitrogens with zero attached hydrogens (tertiary/aromatic N) is 1. The van der Waals surface area contributed by atoms with Crippen molar-refractivity contribution in [2.45, 2.75) is 11.8 Å². The Kier molecular flexibility index (Phi) is 5.38. The number of methoxy groups -OCH3 is 1. The molecule has 0 bridgehead atoms. The van der Waals surface area contributed by atoms with Gasteiger partial charge in [0.1, 0.15) is 5.75 Å². The van der Waals surface area contributed by atoms with Crippen LogP contribution in [0.5, 0.6) is 5.75 Å². The smallest absolute Gasteiger partial charge is 0.273 e. The van der Waals surface area contributed by atoms with Gasteiger partial charge in [-0.05, 0) is 24.3 Å². The van der Waals surface area contributed by atoms with Crippen LogP contribution in [0.2, 0.25) is 0 Å². The van der Waals surface area contributed by atoms with Gasteiger partial charge < -0.3 is 10.1 Å². The largest absolute Gasteiger partial charge is 0.494 e. The lowest BCUT2D eigenvalue weighted by Gasteiger charge is -2.10. The number of nitrogens with one attached hydrogen (secondary N) is 1. The number of amides is 1. The van der Waals surface area contributed by atoms with E-state index in [4.69, 9.17) is 4.74 Å². The number of nitro benzene ring substituents is 1. The first-order valence-electron chi connectivity index (χ1n) is 7.25.